The largest absolute Gasteiger partial charge is 0.479 e. The molecule has 8 rings (SSSR count). The van der Waals surface area contributed by atoms with Crippen molar-refractivity contribution in [3.63, 3.8) is 0 Å². The normalized spacial score (nSPS) is 23.3. The van der Waals surface area contributed by atoms with Gasteiger partial charge >= 0.3 is 18.0 Å². The maximum atomic E-state index is 15.5. The summed E-state index contributed by atoms with van der Waals surface area (Å²) in [6.45, 7) is 3.22. The lowest BCUT2D eigenvalue weighted by atomic mass is 9.76. The molecule has 23 heteroatoms. The van der Waals surface area contributed by atoms with E-state index in [4.69, 9.17) is 29.7 Å². The van der Waals surface area contributed by atoms with Crippen molar-refractivity contribution >= 4 is 52.3 Å². The number of aryl methyl sites for hydroxylation is 1. The predicted molar refractivity (Wildman–Crippen MR) is 232 cm³/mol. The lowest BCUT2D eigenvalue weighted by Gasteiger charge is -2.38. The van der Waals surface area contributed by atoms with E-state index in [9.17, 15) is 54.0 Å². The number of amides is 4. The summed E-state index contributed by atoms with van der Waals surface area (Å²) in [5.41, 5.74) is 8.35. The number of carboxylic acids is 1. The van der Waals surface area contributed by atoms with E-state index >= 15 is 4.39 Å². The number of halogens is 1. The van der Waals surface area contributed by atoms with E-state index in [1.54, 1.807) is 24.5 Å². The molecule has 1 saturated heterocycles. The van der Waals surface area contributed by atoms with E-state index in [0.29, 0.717) is 74.9 Å². The molecule has 4 aromatic rings. The van der Waals surface area contributed by atoms with Crippen LogP contribution in [0.4, 0.5) is 14.9 Å². The molecule has 0 saturated carbocycles. The van der Waals surface area contributed by atoms with Crippen LogP contribution in [-0.4, -0.2) is 116 Å². The molecule has 4 amide bonds. The van der Waals surface area contributed by atoms with E-state index in [2.05, 4.69) is 21.3 Å². The van der Waals surface area contributed by atoms with Gasteiger partial charge in [0.15, 0.2) is 6.10 Å². The van der Waals surface area contributed by atoms with Gasteiger partial charge in [-0.05, 0) is 79.1 Å². The maximum Gasteiger partial charge on any atom is 0.407 e. The number of anilines is 1. The molecule has 10 N–H and O–H groups in total. The predicted octanol–water partition coefficient (Wildman–Crippen LogP) is -0.0885. The second kappa shape index (κ2) is 18.6. The standard InChI is InChI=1S/C45H48FN7O15/c1-4-45(3)23-10-28-35-21(15-53(28)40(60)22(23)17-65-43(45)63)34-25(7-6-20-18(2)24(46)11-27(51-35)33(20)34)52-44(64)66-16-19-5-8-29(67-42-38(59)36(57)37(58)39(68-42)41(61)62)26(9-19)50-32(56)14-49-31(55)13-48-30(54)12-47/h5,8-11,25,36-39,42,57-59H,4,6-7,12-17,47H2,1-3H3,(H,48,54)(H,49,55)(H,50,56)(H,52,64)(H,61,62)/t25-,36-,37-,38+,39-,42+,45+/m0/s1. The third-order valence-electron chi connectivity index (χ3n) is 12.9. The number of alkyl carbamates (subject to hydrolysis) is 1. The van der Waals surface area contributed by atoms with Gasteiger partial charge in [-0.1, -0.05) is 13.0 Å². The molecule has 68 heavy (non-hydrogen) atoms. The van der Waals surface area contributed by atoms with E-state index < -0.39 is 103 Å². The van der Waals surface area contributed by atoms with Crippen molar-refractivity contribution in [3.05, 3.63) is 85.4 Å². The van der Waals surface area contributed by atoms with Gasteiger partial charge in [-0.25, -0.2) is 19.0 Å². The van der Waals surface area contributed by atoms with Crippen LogP contribution in [0.5, 0.6) is 5.75 Å². The van der Waals surface area contributed by atoms with Crippen LogP contribution in [0.25, 0.3) is 22.3 Å². The highest BCUT2D eigenvalue weighted by Crippen LogP contribution is 2.46. The van der Waals surface area contributed by atoms with Gasteiger partial charge in [0.2, 0.25) is 24.0 Å². The van der Waals surface area contributed by atoms with Gasteiger partial charge in [-0.2, -0.15) is 0 Å². The van der Waals surface area contributed by atoms with Crippen LogP contribution < -0.4 is 37.3 Å². The molecule has 2 aromatic heterocycles. The lowest BCUT2D eigenvalue weighted by molar-refractivity contribution is -0.271. The summed E-state index contributed by atoms with van der Waals surface area (Å²) in [6, 6.07) is 6.36. The van der Waals surface area contributed by atoms with Crippen molar-refractivity contribution in [3.8, 4) is 17.1 Å². The molecular weight excluding hydrogens is 898 g/mol. The van der Waals surface area contributed by atoms with Crippen molar-refractivity contribution < 1.29 is 72.5 Å². The number of pyridine rings is 2. The minimum atomic E-state index is -2.02. The first-order valence-corrected chi connectivity index (χ1v) is 21.6. The molecule has 2 aromatic carbocycles. The summed E-state index contributed by atoms with van der Waals surface area (Å²) in [7, 11) is 0. The second-order valence-electron chi connectivity index (χ2n) is 17.1. The topological polar surface area (TPSA) is 329 Å². The molecule has 1 fully saturated rings. The molecular formula is C45H48FN7O15. The lowest BCUT2D eigenvalue weighted by Crippen LogP contribution is -2.61. The molecule has 4 aliphatic rings. The average molecular weight is 946 g/mol. The number of ether oxygens (including phenoxy) is 4. The number of aromatic nitrogens is 2. The fraction of sp³-hybridized carbons (Fsp3) is 0.422. The zero-order valence-corrected chi connectivity index (χ0v) is 36.8. The number of nitrogens with one attached hydrogen (secondary N) is 4. The molecule has 0 spiro atoms. The van der Waals surface area contributed by atoms with Crippen LogP contribution in [0.2, 0.25) is 0 Å². The first-order chi connectivity index (χ1) is 32.3. The molecule has 0 bridgehead atoms. The number of nitrogens with two attached hydrogens (primary N) is 1. The van der Waals surface area contributed by atoms with Gasteiger partial charge in [-0.15, -0.1) is 0 Å². The number of esters is 1. The zero-order chi connectivity index (χ0) is 48.9. The van der Waals surface area contributed by atoms with Crippen LogP contribution in [-0.2, 0) is 69.8 Å². The Hall–Kier alpha value is -7.05. The van der Waals surface area contributed by atoms with Crippen LogP contribution >= 0.6 is 0 Å². The Bertz CT molecular complexity index is 2850. The number of nitrogens with zero attached hydrogens (tertiary/aromatic N) is 2. The second-order valence-corrected chi connectivity index (χ2v) is 17.1. The van der Waals surface area contributed by atoms with Gasteiger partial charge in [0.25, 0.3) is 5.56 Å². The number of cyclic esters (lactones) is 1. The van der Waals surface area contributed by atoms with E-state index in [1.807, 2.05) is 6.92 Å². The highest BCUT2D eigenvalue weighted by Gasteiger charge is 2.49. The first kappa shape index (κ1) is 47.4. The Labute approximate surface area is 384 Å². The third-order valence-corrected chi connectivity index (χ3v) is 12.9. The summed E-state index contributed by atoms with van der Waals surface area (Å²) in [5, 5.41) is 51.2. The molecule has 7 atom stereocenters. The molecule has 5 heterocycles. The molecule has 22 nitrogen and oxygen atoms in total. The minimum Gasteiger partial charge on any atom is -0.479 e. The Morgan fingerprint density at radius 3 is 2.44 bits per heavy atom. The monoisotopic (exact) mass is 945 g/mol. The van der Waals surface area contributed by atoms with Crippen molar-refractivity contribution in [1.29, 1.82) is 0 Å². The van der Waals surface area contributed by atoms with Gasteiger partial charge in [0, 0.05) is 17.0 Å². The Morgan fingerprint density at radius 1 is 0.985 bits per heavy atom. The van der Waals surface area contributed by atoms with E-state index in [-0.39, 0.29) is 42.3 Å². The molecule has 360 valence electrons. The summed E-state index contributed by atoms with van der Waals surface area (Å²) in [4.78, 5) is 94.2. The van der Waals surface area contributed by atoms with Gasteiger partial charge in [0.1, 0.15) is 43.1 Å². The number of aliphatic carboxylic acids is 1. The van der Waals surface area contributed by atoms with Crippen LogP contribution in [0.3, 0.4) is 0 Å². The highest BCUT2D eigenvalue weighted by molar-refractivity contribution is 5.97. The zero-order valence-electron chi connectivity index (χ0n) is 36.8. The summed E-state index contributed by atoms with van der Waals surface area (Å²) >= 11 is 0. The molecule has 3 aliphatic heterocycles. The third kappa shape index (κ3) is 8.57. The average Bonchev–Trinajstić information content (AvgIpc) is 3.69. The van der Waals surface area contributed by atoms with Crippen molar-refractivity contribution in [1.82, 2.24) is 25.5 Å². The highest BCUT2D eigenvalue weighted by atomic mass is 19.1. The van der Waals surface area contributed by atoms with Gasteiger partial charge < -0.3 is 70.9 Å². The maximum absolute atomic E-state index is 15.5. The number of carbonyl (C=O) groups excluding carboxylic acids is 5. The first-order valence-electron chi connectivity index (χ1n) is 21.6. The van der Waals surface area contributed by atoms with E-state index in [0.717, 1.165) is 0 Å². The molecule has 0 unspecified atom stereocenters. The quantitative estimate of drug-likeness (QED) is 0.0697. The number of benzene rings is 2. The van der Waals surface area contributed by atoms with Gasteiger partial charge in [-0.3, -0.25) is 24.0 Å². The summed E-state index contributed by atoms with van der Waals surface area (Å²) < 4.78 is 39.1. The Balaban J connectivity index is 1.05. The number of carbonyl (C=O) groups is 6. The van der Waals surface area contributed by atoms with Gasteiger partial charge in [0.05, 0.1) is 65.8 Å². The van der Waals surface area contributed by atoms with E-state index in [1.165, 1.54) is 24.3 Å². The number of hydrogen-bond donors (Lipinski definition) is 9. The Kier molecular flexibility index (Phi) is 12.9. The van der Waals surface area contributed by atoms with Crippen molar-refractivity contribution in [2.75, 3.05) is 25.0 Å². The molecule has 0 radical (unpaired) electrons. The number of rotatable bonds is 13. The number of fused-ring (bicyclic) bond motifs is 5. The SMILES string of the molecule is CC[C@@]1(C)C(=O)OCc2c1cc1n(c2=O)Cc2c-1nc1cc(F)c(C)c3c1c2[C@@H](NC(=O)OCc1ccc(O[C@@H]2O[C@H](C(=O)O)[C@@H](O)[C@H](O)[C@H]2O)c(NC(=O)CNC(=O)CNC(=O)CN)c1)CC3. The summed E-state index contributed by atoms with van der Waals surface area (Å²) in [5.74, 6) is -5.00. The Morgan fingerprint density at radius 2 is 1.72 bits per heavy atom. The van der Waals surface area contributed by atoms with Crippen LogP contribution in [0, 0.1) is 12.7 Å². The fourth-order valence-corrected chi connectivity index (χ4v) is 9.02. The smallest absolute Gasteiger partial charge is 0.407 e. The molecule has 1 aliphatic carbocycles. The number of carboxylic acid groups (broad SMARTS) is 1. The summed E-state index contributed by atoms with van der Waals surface area (Å²) in [6.07, 6.45) is -9.71. The number of aliphatic hydroxyl groups is 3. The van der Waals surface area contributed by atoms with Crippen LogP contribution in [0.15, 0.2) is 35.1 Å². The number of hydrogen-bond acceptors (Lipinski definition) is 16. The minimum absolute atomic E-state index is 0.0752. The van der Waals surface area contributed by atoms with Crippen molar-refractivity contribution in [2.45, 2.75) is 102 Å². The van der Waals surface area contributed by atoms with Crippen molar-refractivity contribution in [2.24, 2.45) is 5.73 Å². The fourth-order valence-electron chi connectivity index (χ4n) is 9.02. The number of aliphatic hydroxyl groups excluding tert-OH is 3. The van der Waals surface area contributed by atoms with Crippen LogP contribution in [0.1, 0.15) is 71.7 Å².